The van der Waals surface area contributed by atoms with Gasteiger partial charge in [-0.3, -0.25) is 9.36 Å². The summed E-state index contributed by atoms with van der Waals surface area (Å²) in [7, 11) is 0. The van der Waals surface area contributed by atoms with Crippen LogP contribution in [-0.4, -0.2) is 39.7 Å². The van der Waals surface area contributed by atoms with Gasteiger partial charge in [-0.15, -0.1) is 0 Å². The predicted molar refractivity (Wildman–Crippen MR) is 119 cm³/mol. The molecule has 2 heterocycles. The summed E-state index contributed by atoms with van der Waals surface area (Å²) < 4.78 is 13.2. The molecule has 0 aliphatic rings. The Labute approximate surface area is 180 Å². The third-order valence-corrected chi connectivity index (χ3v) is 4.58. The third kappa shape index (κ3) is 5.01. The summed E-state index contributed by atoms with van der Waals surface area (Å²) >= 11 is 0. The Balaban J connectivity index is 1.39. The second-order valence-electron chi connectivity index (χ2n) is 7.31. The highest BCUT2D eigenvalue weighted by atomic mass is 16.5. The van der Waals surface area contributed by atoms with Crippen molar-refractivity contribution in [3.63, 3.8) is 0 Å². The van der Waals surface area contributed by atoms with Crippen LogP contribution >= 0.6 is 0 Å². The van der Waals surface area contributed by atoms with E-state index < -0.39 is 0 Å². The average molecular weight is 416 g/mol. The molecule has 7 heteroatoms. The number of fused-ring (bicyclic) bond motifs is 1. The fourth-order valence-corrected chi connectivity index (χ4v) is 3.15. The van der Waals surface area contributed by atoms with E-state index in [0.29, 0.717) is 24.7 Å². The molecule has 7 nitrogen and oxygen atoms in total. The standard InChI is InChI=1S/C24H24N4O3/c1-17(2)27-24(29)18-6-11-22-21(15-18)26-16-28(22)19-7-9-20(10-8-19)30-13-14-31-23-5-3-4-12-25-23/h3-12,15-17H,13-14H2,1-2H3,(H,27,29). The molecule has 4 aromatic rings. The van der Waals surface area contributed by atoms with Crippen LogP contribution in [0.4, 0.5) is 0 Å². The van der Waals surface area contributed by atoms with E-state index in [1.165, 1.54) is 0 Å². The van der Waals surface area contributed by atoms with Crippen molar-refractivity contribution in [3.05, 3.63) is 78.8 Å². The minimum absolute atomic E-state index is 0.0862. The smallest absolute Gasteiger partial charge is 0.251 e. The Kier molecular flexibility index (Phi) is 6.12. The normalized spacial score (nSPS) is 10.9. The van der Waals surface area contributed by atoms with Crippen LogP contribution in [0.1, 0.15) is 24.2 Å². The van der Waals surface area contributed by atoms with Crippen LogP contribution in [0, 0.1) is 0 Å². The van der Waals surface area contributed by atoms with Crippen molar-refractivity contribution < 1.29 is 14.3 Å². The van der Waals surface area contributed by atoms with Gasteiger partial charge in [0.05, 0.1) is 11.0 Å². The van der Waals surface area contributed by atoms with Gasteiger partial charge in [-0.2, -0.15) is 0 Å². The summed E-state index contributed by atoms with van der Waals surface area (Å²) in [5, 5.41) is 2.90. The lowest BCUT2D eigenvalue weighted by atomic mass is 10.1. The molecule has 0 radical (unpaired) electrons. The van der Waals surface area contributed by atoms with E-state index in [2.05, 4.69) is 15.3 Å². The van der Waals surface area contributed by atoms with Crippen LogP contribution < -0.4 is 14.8 Å². The number of pyridine rings is 1. The molecule has 1 amide bonds. The lowest BCUT2D eigenvalue weighted by Crippen LogP contribution is -2.29. The van der Waals surface area contributed by atoms with Crippen molar-refractivity contribution in [2.45, 2.75) is 19.9 Å². The van der Waals surface area contributed by atoms with Gasteiger partial charge >= 0.3 is 0 Å². The monoisotopic (exact) mass is 416 g/mol. The van der Waals surface area contributed by atoms with E-state index in [4.69, 9.17) is 9.47 Å². The molecule has 0 aliphatic carbocycles. The van der Waals surface area contributed by atoms with Gasteiger partial charge in [0.15, 0.2) is 0 Å². The first kappa shape index (κ1) is 20.4. The first-order valence-corrected chi connectivity index (χ1v) is 10.2. The van der Waals surface area contributed by atoms with Gasteiger partial charge in [-0.1, -0.05) is 6.07 Å². The second kappa shape index (κ2) is 9.30. The van der Waals surface area contributed by atoms with Crippen molar-refractivity contribution >= 4 is 16.9 Å². The van der Waals surface area contributed by atoms with Gasteiger partial charge < -0.3 is 14.8 Å². The molecular weight excluding hydrogens is 392 g/mol. The summed E-state index contributed by atoms with van der Waals surface area (Å²) in [5.74, 6) is 1.24. The number of benzene rings is 2. The zero-order valence-electron chi connectivity index (χ0n) is 17.5. The summed E-state index contributed by atoms with van der Waals surface area (Å²) in [5.41, 5.74) is 3.25. The van der Waals surface area contributed by atoms with E-state index in [1.807, 2.05) is 79.1 Å². The van der Waals surface area contributed by atoms with E-state index in [9.17, 15) is 4.79 Å². The van der Waals surface area contributed by atoms with Crippen molar-refractivity contribution in [1.29, 1.82) is 0 Å². The Morgan fingerprint density at radius 3 is 2.55 bits per heavy atom. The number of ether oxygens (including phenoxy) is 2. The third-order valence-electron chi connectivity index (χ3n) is 4.58. The highest BCUT2D eigenvalue weighted by Gasteiger charge is 2.11. The Morgan fingerprint density at radius 2 is 1.81 bits per heavy atom. The molecule has 4 rings (SSSR count). The summed E-state index contributed by atoms with van der Waals surface area (Å²) in [6.07, 6.45) is 3.45. The van der Waals surface area contributed by atoms with E-state index >= 15 is 0 Å². The number of amides is 1. The van der Waals surface area contributed by atoms with Gasteiger partial charge in [0.2, 0.25) is 5.88 Å². The molecule has 0 atom stereocenters. The number of nitrogens with one attached hydrogen (secondary N) is 1. The lowest BCUT2D eigenvalue weighted by Gasteiger charge is -2.10. The summed E-state index contributed by atoms with van der Waals surface area (Å²) in [4.78, 5) is 20.8. The van der Waals surface area contributed by atoms with Gasteiger partial charge in [-0.25, -0.2) is 9.97 Å². The molecule has 2 aromatic carbocycles. The quantitative estimate of drug-likeness (QED) is 0.439. The molecule has 2 aromatic heterocycles. The van der Waals surface area contributed by atoms with Crippen molar-refractivity contribution in [3.8, 4) is 17.3 Å². The Hall–Kier alpha value is -3.87. The second-order valence-corrected chi connectivity index (χ2v) is 7.31. The number of carbonyl (C=O) groups excluding carboxylic acids is 1. The minimum Gasteiger partial charge on any atom is -0.490 e. The van der Waals surface area contributed by atoms with Crippen molar-refractivity contribution in [2.75, 3.05) is 13.2 Å². The zero-order valence-corrected chi connectivity index (χ0v) is 17.5. The summed E-state index contributed by atoms with van der Waals surface area (Å²) in [6.45, 7) is 4.71. The Morgan fingerprint density at radius 1 is 1.00 bits per heavy atom. The van der Waals surface area contributed by atoms with E-state index in [1.54, 1.807) is 12.5 Å². The van der Waals surface area contributed by atoms with Crippen LogP contribution in [0.25, 0.3) is 16.7 Å². The molecule has 158 valence electrons. The maximum Gasteiger partial charge on any atom is 0.251 e. The molecule has 0 aliphatic heterocycles. The first-order chi connectivity index (χ1) is 15.1. The maximum absolute atomic E-state index is 12.2. The van der Waals surface area contributed by atoms with Crippen molar-refractivity contribution in [2.24, 2.45) is 0 Å². The Bertz CT molecular complexity index is 1150. The first-order valence-electron chi connectivity index (χ1n) is 10.2. The number of hydrogen-bond acceptors (Lipinski definition) is 5. The number of nitrogens with zero attached hydrogens (tertiary/aromatic N) is 3. The van der Waals surface area contributed by atoms with Gasteiger partial charge in [0.1, 0.15) is 25.3 Å². The van der Waals surface area contributed by atoms with Crippen LogP contribution in [0.5, 0.6) is 11.6 Å². The minimum atomic E-state index is -0.0972. The fraction of sp³-hybridized carbons (Fsp3) is 0.208. The average Bonchev–Trinajstić information content (AvgIpc) is 3.21. The molecule has 0 saturated carbocycles. The molecular formula is C24H24N4O3. The number of carbonyl (C=O) groups is 1. The number of aromatic nitrogens is 3. The molecule has 0 saturated heterocycles. The van der Waals surface area contributed by atoms with E-state index in [0.717, 1.165) is 22.5 Å². The van der Waals surface area contributed by atoms with Gasteiger partial charge in [0, 0.05) is 29.6 Å². The molecule has 31 heavy (non-hydrogen) atoms. The zero-order chi connectivity index (χ0) is 21.6. The van der Waals surface area contributed by atoms with E-state index in [-0.39, 0.29) is 11.9 Å². The topological polar surface area (TPSA) is 78.3 Å². The SMILES string of the molecule is CC(C)NC(=O)c1ccc2c(c1)ncn2-c1ccc(OCCOc2ccccn2)cc1. The van der Waals surface area contributed by atoms with Crippen LogP contribution in [0.3, 0.4) is 0 Å². The van der Waals surface area contributed by atoms with Gasteiger partial charge in [0.25, 0.3) is 5.91 Å². The molecule has 0 spiro atoms. The molecule has 1 N–H and O–H groups in total. The molecule has 0 bridgehead atoms. The highest BCUT2D eigenvalue weighted by Crippen LogP contribution is 2.22. The highest BCUT2D eigenvalue weighted by molar-refractivity contribution is 5.97. The van der Waals surface area contributed by atoms with Crippen LogP contribution in [0.15, 0.2) is 73.2 Å². The fourth-order valence-electron chi connectivity index (χ4n) is 3.15. The van der Waals surface area contributed by atoms with Crippen LogP contribution in [0.2, 0.25) is 0 Å². The summed E-state index contributed by atoms with van der Waals surface area (Å²) in [6, 6.07) is 18.9. The lowest BCUT2D eigenvalue weighted by molar-refractivity contribution is 0.0943. The number of imidazole rings is 1. The maximum atomic E-state index is 12.2. The number of rotatable bonds is 8. The van der Waals surface area contributed by atoms with Crippen molar-refractivity contribution in [1.82, 2.24) is 19.9 Å². The van der Waals surface area contributed by atoms with Gasteiger partial charge in [-0.05, 0) is 62.4 Å². The molecule has 0 fully saturated rings. The molecule has 0 unspecified atom stereocenters. The number of hydrogen-bond donors (Lipinski definition) is 1. The predicted octanol–water partition coefficient (Wildman–Crippen LogP) is 4.02. The van der Waals surface area contributed by atoms with Crippen LogP contribution in [-0.2, 0) is 0 Å². The largest absolute Gasteiger partial charge is 0.490 e.